The van der Waals surface area contributed by atoms with Gasteiger partial charge in [-0.05, 0) is 0 Å². The van der Waals surface area contributed by atoms with E-state index in [-0.39, 0.29) is 11.9 Å². The first kappa shape index (κ1) is 16.0. The summed E-state index contributed by atoms with van der Waals surface area (Å²) in [6, 6.07) is 9.13. The van der Waals surface area contributed by atoms with Gasteiger partial charge in [0.1, 0.15) is 20.2 Å². The standard InChI is InChI=1S/C13H17N5O4/c1-22-18(9-21)13-15-11(10-5-3-2-4-6-10)14-12(16-13)17(7-19)8-20/h2-6,19-21H,7-9H2,1H3. The van der Waals surface area contributed by atoms with Gasteiger partial charge in [0, 0.05) is 5.56 Å². The van der Waals surface area contributed by atoms with Crippen molar-refractivity contribution in [1.82, 2.24) is 15.0 Å². The zero-order valence-electron chi connectivity index (χ0n) is 12.0. The van der Waals surface area contributed by atoms with Crippen molar-refractivity contribution in [2.24, 2.45) is 0 Å². The van der Waals surface area contributed by atoms with Crippen LogP contribution in [-0.2, 0) is 4.84 Å². The van der Waals surface area contributed by atoms with Crippen molar-refractivity contribution in [2.75, 3.05) is 37.3 Å². The molecule has 0 saturated carbocycles. The molecule has 1 aromatic heterocycles. The molecule has 1 heterocycles. The summed E-state index contributed by atoms with van der Waals surface area (Å²) in [5, 5.41) is 28.8. The molecule has 118 valence electrons. The maximum atomic E-state index is 9.27. The van der Waals surface area contributed by atoms with E-state index in [4.69, 9.17) is 4.84 Å². The zero-order chi connectivity index (χ0) is 15.9. The molecular weight excluding hydrogens is 290 g/mol. The number of hydroxylamine groups is 1. The largest absolute Gasteiger partial charge is 0.376 e. The number of hydrogen-bond acceptors (Lipinski definition) is 9. The molecule has 0 aliphatic heterocycles. The number of hydrogen-bond donors (Lipinski definition) is 3. The average Bonchev–Trinajstić information content (AvgIpc) is 2.58. The van der Waals surface area contributed by atoms with Gasteiger partial charge < -0.3 is 15.3 Å². The second-order valence-electron chi connectivity index (χ2n) is 4.15. The molecular formula is C13H17N5O4. The molecule has 0 unspecified atom stereocenters. The highest BCUT2D eigenvalue weighted by Gasteiger charge is 2.17. The second-order valence-corrected chi connectivity index (χ2v) is 4.15. The SMILES string of the molecule is CON(CO)c1nc(-c2ccccc2)nc(N(CO)CO)n1. The van der Waals surface area contributed by atoms with Gasteiger partial charge in [-0.3, -0.25) is 9.74 Å². The molecule has 9 nitrogen and oxygen atoms in total. The maximum absolute atomic E-state index is 9.27. The van der Waals surface area contributed by atoms with Crippen LogP contribution in [0.3, 0.4) is 0 Å². The van der Waals surface area contributed by atoms with Gasteiger partial charge in [-0.15, -0.1) is 0 Å². The lowest BCUT2D eigenvalue weighted by atomic mass is 10.2. The summed E-state index contributed by atoms with van der Waals surface area (Å²) in [6.45, 7) is -1.41. The van der Waals surface area contributed by atoms with E-state index in [2.05, 4.69) is 15.0 Å². The monoisotopic (exact) mass is 307 g/mol. The fourth-order valence-corrected chi connectivity index (χ4v) is 1.70. The van der Waals surface area contributed by atoms with Crippen LogP contribution in [0.25, 0.3) is 11.4 Å². The first-order valence-electron chi connectivity index (χ1n) is 6.44. The zero-order valence-corrected chi connectivity index (χ0v) is 12.0. The molecule has 0 fully saturated rings. The van der Waals surface area contributed by atoms with Crippen molar-refractivity contribution in [3.05, 3.63) is 30.3 Å². The smallest absolute Gasteiger partial charge is 0.257 e. The Labute approximate surface area is 127 Å². The molecule has 0 radical (unpaired) electrons. The number of benzene rings is 1. The minimum Gasteiger partial charge on any atom is -0.376 e. The number of aromatic nitrogens is 3. The summed E-state index contributed by atoms with van der Waals surface area (Å²) in [4.78, 5) is 18.6. The van der Waals surface area contributed by atoms with Crippen molar-refractivity contribution < 1.29 is 20.2 Å². The third-order valence-corrected chi connectivity index (χ3v) is 2.84. The summed E-state index contributed by atoms with van der Waals surface area (Å²) in [5.41, 5.74) is 0.720. The molecule has 0 amide bonds. The van der Waals surface area contributed by atoms with E-state index in [1.54, 1.807) is 12.1 Å². The molecule has 2 aromatic rings. The topological polar surface area (TPSA) is 115 Å². The predicted molar refractivity (Wildman–Crippen MR) is 78.5 cm³/mol. The van der Waals surface area contributed by atoms with Crippen LogP contribution in [-0.4, -0.2) is 57.6 Å². The Morgan fingerprint density at radius 2 is 1.55 bits per heavy atom. The molecule has 9 heteroatoms. The van der Waals surface area contributed by atoms with Crippen molar-refractivity contribution in [2.45, 2.75) is 0 Å². The third-order valence-electron chi connectivity index (χ3n) is 2.84. The highest BCUT2D eigenvalue weighted by atomic mass is 16.7. The van der Waals surface area contributed by atoms with Crippen LogP contribution in [0.2, 0.25) is 0 Å². The Bertz CT molecular complexity index is 560. The molecule has 0 spiro atoms. The van der Waals surface area contributed by atoms with Gasteiger partial charge in [-0.25, -0.2) is 0 Å². The number of aliphatic hydroxyl groups excluding tert-OH is 3. The summed E-state index contributed by atoms with van der Waals surface area (Å²) in [5.74, 6) is 0.438. The second kappa shape index (κ2) is 7.61. The highest BCUT2D eigenvalue weighted by molar-refractivity contribution is 5.58. The van der Waals surface area contributed by atoms with Crippen molar-refractivity contribution >= 4 is 11.9 Å². The Morgan fingerprint density at radius 1 is 0.909 bits per heavy atom. The predicted octanol–water partition coefficient (Wildman–Crippen LogP) is -0.438. The van der Waals surface area contributed by atoms with Crippen molar-refractivity contribution in [3.63, 3.8) is 0 Å². The maximum Gasteiger partial charge on any atom is 0.257 e. The van der Waals surface area contributed by atoms with Gasteiger partial charge in [0.05, 0.1) is 7.11 Å². The van der Waals surface area contributed by atoms with Crippen molar-refractivity contribution in [1.29, 1.82) is 0 Å². The molecule has 0 aliphatic rings. The van der Waals surface area contributed by atoms with Crippen LogP contribution in [0.4, 0.5) is 11.9 Å². The van der Waals surface area contributed by atoms with E-state index in [9.17, 15) is 15.3 Å². The van der Waals surface area contributed by atoms with Crippen molar-refractivity contribution in [3.8, 4) is 11.4 Å². The third kappa shape index (κ3) is 3.46. The number of nitrogens with zero attached hydrogens (tertiary/aromatic N) is 5. The van der Waals surface area contributed by atoms with Crippen LogP contribution in [0, 0.1) is 0 Å². The summed E-state index contributed by atoms with van der Waals surface area (Å²) >= 11 is 0. The first-order chi connectivity index (χ1) is 10.7. The average molecular weight is 307 g/mol. The Morgan fingerprint density at radius 3 is 2.09 bits per heavy atom. The fourth-order valence-electron chi connectivity index (χ4n) is 1.70. The first-order valence-corrected chi connectivity index (χ1v) is 6.44. The molecule has 0 aliphatic carbocycles. The molecule has 22 heavy (non-hydrogen) atoms. The van der Waals surface area contributed by atoms with E-state index in [0.29, 0.717) is 5.82 Å². The van der Waals surface area contributed by atoms with Crippen LogP contribution >= 0.6 is 0 Å². The van der Waals surface area contributed by atoms with Crippen LogP contribution in [0.5, 0.6) is 0 Å². The quantitative estimate of drug-likeness (QED) is 0.462. The Balaban J connectivity index is 2.53. The summed E-state index contributed by atoms with van der Waals surface area (Å²) in [6.07, 6.45) is 0. The van der Waals surface area contributed by atoms with E-state index in [0.717, 1.165) is 15.5 Å². The minimum absolute atomic E-state index is 0.0563. The highest BCUT2D eigenvalue weighted by Crippen LogP contribution is 2.20. The molecule has 2 rings (SSSR count). The summed E-state index contributed by atoms with van der Waals surface area (Å²) < 4.78 is 0. The Hall–Kier alpha value is -2.33. The van der Waals surface area contributed by atoms with E-state index >= 15 is 0 Å². The number of rotatable bonds is 7. The van der Waals surface area contributed by atoms with E-state index < -0.39 is 20.2 Å². The summed E-state index contributed by atoms with van der Waals surface area (Å²) in [7, 11) is 1.36. The van der Waals surface area contributed by atoms with Gasteiger partial charge in [0.25, 0.3) is 5.95 Å². The van der Waals surface area contributed by atoms with Crippen LogP contribution in [0.1, 0.15) is 0 Å². The van der Waals surface area contributed by atoms with E-state index in [1.807, 2.05) is 18.2 Å². The van der Waals surface area contributed by atoms with Gasteiger partial charge in [0.15, 0.2) is 5.82 Å². The molecule has 0 bridgehead atoms. The van der Waals surface area contributed by atoms with Crippen LogP contribution in [0.15, 0.2) is 30.3 Å². The minimum atomic E-state index is -0.472. The Kier molecular flexibility index (Phi) is 5.55. The van der Waals surface area contributed by atoms with Gasteiger partial charge in [-0.1, -0.05) is 30.3 Å². The van der Waals surface area contributed by atoms with Gasteiger partial charge >= 0.3 is 0 Å². The number of anilines is 2. The normalized spacial score (nSPS) is 10.5. The lowest BCUT2D eigenvalue weighted by molar-refractivity contribution is 0.0972. The molecule has 3 N–H and O–H groups in total. The lowest BCUT2D eigenvalue weighted by Crippen LogP contribution is -2.30. The molecule has 0 saturated heterocycles. The van der Waals surface area contributed by atoms with E-state index in [1.165, 1.54) is 7.11 Å². The number of aliphatic hydroxyl groups is 3. The van der Waals surface area contributed by atoms with Crippen LogP contribution < -0.4 is 9.96 Å². The van der Waals surface area contributed by atoms with Gasteiger partial charge in [0.2, 0.25) is 5.95 Å². The lowest BCUT2D eigenvalue weighted by Gasteiger charge is -2.21. The fraction of sp³-hybridized carbons (Fsp3) is 0.308. The van der Waals surface area contributed by atoms with Gasteiger partial charge in [-0.2, -0.15) is 20.0 Å². The molecule has 0 atom stereocenters. The molecule has 1 aromatic carbocycles.